The molecule has 0 unspecified atom stereocenters. The Hall–Kier alpha value is -1.44. The molecule has 0 aliphatic rings. The maximum absolute atomic E-state index is 11.9. The van der Waals surface area contributed by atoms with Gasteiger partial charge in [0.1, 0.15) is 5.15 Å². The molecule has 2 aromatic rings. The fourth-order valence-electron chi connectivity index (χ4n) is 1.12. The lowest BCUT2D eigenvalue weighted by Gasteiger charge is -2.06. The Bertz CT molecular complexity index is 661. The van der Waals surface area contributed by atoms with E-state index in [0.29, 0.717) is 0 Å². The predicted octanol–water partition coefficient (Wildman–Crippen LogP) is 1.98. The van der Waals surface area contributed by atoms with Gasteiger partial charge in [-0.1, -0.05) is 23.2 Å². The molecule has 6 nitrogen and oxygen atoms in total. The lowest BCUT2D eigenvalue weighted by atomic mass is 10.5. The van der Waals surface area contributed by atoms with Crippen LogP contribution in [0.15, 0.2) is 35.4 Å². The van der Waals surface area contributed by atoms with Gasteiger partial charge in [-0.2, -0.15) is 0 Å². The molecule has 0 bridgehead atoms. The number of aromatic nitrogens is 3. The van der Waals surface area contributed by atoms with Gasteiger partial charge in [0.15, 0.2) is 11.0 Å². The third-order valence-corrected chi connectivity index (χ3v) is 3.64. The molecule has 0 aromatic carbocycles. The normalized spacial score (nSPS) is 11.2. The quantitative estimate of drug-likeness (QED) is 0.876. The monoisotopic (exact) mass is 304 g/mol. The van der Waals surface area contributed by atoms with Crippen LogP contribution in [0.25, 0.3) is 0 Å². The molecule has 9 heteroatoms. The van der Waals surface area contributed by atoms with Gasteiger partial charge in [0.2, 0.25) is 0 Å². The second kappa shape index (κ2) is 5.05. The topological polar surface area (TPSA) is 84.8 Å². The number of hydrogen-bond acceptors (Lipinski definition) is 5. The Labute approximate surface area is 113 Å². The number of hydrogen-bond donors (Lipinski definition) is 1. The summed E-state index contributed by atoms with van der Waals surface area (Å²) in [6.45, 7) is 0. The summed E-state index contributed by atoms with van der Waals surface area (Å²) in [5, 5.41) is 7.37. The third-order valence-electron chi connectivity index (χ3n) is 1.88. The summed E-state index contributed by atoms with van der Waals surface area (Å²) in [5.74, 6) is 0.0623. The van der Waals surface area contributed by atoms with Crippen molar-refractivity contribution < 1.29 is 8.42 Å². The van der Waals surface area contributed by atoms with Crippen molar-refractivity contribution >= 4 is 39.0 Å². The first kappa shape index (κ1) is 13.0. The molecule has 0 aliphatic heterocycles. The maximum Gasteiger partial charge on any atom is 0.263 e. The fourth-order valence-corrected chi connectivity index (χ4v) is 2.47. The Kier molecular flexibility index (Phi) is 3.65. The van der Waals surface area contributed by atoms with Crippen LogP contribution in [0.4, 0.5) is 5.82 Å². The number of halogens is 2. The smallest absolute Gasteiger partial charge is 0.262 e. The second-order valence-electron chi connectivity index (χ2n) is 3.16. The van der Waals surface area contributed by atoms with Gasteiger partial charge in [-0.05, 0) is 24.3 Å². The highest BCUT2D eigenvalue weighted by atomic mass is 35.5. The lowest BCUT2D eigenvalue weighted by molar-refractivity contribution is 0.600. The minimum absolute atomic E-state index is 0.0146. The molecule has 2 heterocycles. The van der Waals surface area contributed by atoms with Crippen molar-refractivity contribution in [2.24, 2.45) is 0 Å². The molecule has 0 amide bonds. The molecule has 94 valence electrons. The van der Waals surface area contributed by atoms with E-state index < -0.39 is 10.0 Å². The molecular weight excluding hydrogens is 299 g/mol. The largest absolute Gasteiger partial charge is 0.263 e. The van der Waals surface area contributed by atoms with Crippen molar-refractivity contribution in [1.29, 1.82) is 0 Å². The molecule has 2 rings (SSSR count). The lowest BCUT2D eigenvalue weighted by Crippen LogP contribution is -2.14. The standard InChI is InChI=1S/C9H6Cl2N4O2S/c10-7-1-2-9(14-13-7)15-18(16,17)6-3-4-12-8(11)5-6/h1-5H,(H,14,15). The molecule has 18 heavy (non-hydrogen) atoms. The Morgan fingerprint density at radius 1 is 1.06 bits per heavy atom. The molecular formula is C9H6Cl2N4O2S. The number of nitrogens with zero attached hydrogens (tertiary/aromatic N) is 3. The van der Waals surface area contributed by atoms with Gasteiger partial charge in [0, 0.05) is 6.20 Å². The van der Waals surface area contributed by atoms with E-state index in [-0.39, 0.29) is 21.0 Å². The molecule has 0 aliphatic carbocycles. The Morgan fingerprint density at radius 2 is 1.83 bits per heavy atom. The van der Waals surface area contributed by atoms with Crippen molar-refractivity contribution in [3.05, 3.63) is 40.8 Å². The summed E-state index contributed by atoms with van der Waals surface area (Å²) in [5.41, 5.74) is 0. The summed E-state index contributed by atoms with van der Waals surface area (Å²) in [7, 11) is -3.77. The number of pyridine rings is 1. The summed E-state index contributed by atoms with van der Waals surface area (Å²) in [6, 6.07) is 5.37. The molecule has 2 aromatic heterocycles. The van der Waals surface area contributed by atoms with Crippen molar-refractivity contribution in [1.82, 2.24) is 15.2 Å². The van der Waals surface area contributed by atoms with E-state index >= 15 is 0 Å². The van der Waals surface area contributed by atoms with Crippen LogP contribution in [0.3, 0.4) is 0 Å². The van der Waals surface area contributed by atoms with Crippen LogP contribution in [-0.4, -0.2) is 23.6 Å². The zero-order valence-corrected chi connectivity index (χ0v) is 11.0. The Balaban J connectivity index is 2.30. The highest BCUT2D eigenvalue weighted by Crippen LogP contribution is 2.16. The van der Waals surface area contributed by atoms with E-state index in [0.717, 1.165) is 0 Å². The summed E-state index contributed by atoms with van der Waals surface area (Å²) in [4.78, 5) is 3.69. The van der Waals surface area contributed by atoms with Crippen molar-refractivity contribution in [3.63, 3.8) is 0 Å². The van der Waals surface area contributed by atoms with Crippen LogP contribution in [0.5, 0.6) is 0 Å². The number of nitrogens with one attached hydrogen (secondary N) is 1. The molecule has 0 radical (unpaired) electrons. The van der Waals surface area contributed by atoms with E-state index in [1.54, 1.807) is 0 Å². The zero-order chi connectivity index (χ0) is 13.2. The summed E-state index contributed by atoms with van der Waals surface area (Å²) < 4.78 is 26.1. The first-order chi connectivity index (χ1) is 8.47. The van der Waals surface area contributed by atoms with Crippen LogP contribution in [0, 0.1) is 0 Å². The molecule has 0 saturated carbocycles. The van der Waals surface area contributed by atoms with Crippen molar-refractivity contribution in [2.45, 2.75) is 4.90 Å². The number of rotatable bonds is 3. The molecule has 0 spiro atoms. The predicted molar refractivity (Wildman–Crippen MR) is 67.1 cm³/mol. The summed E-state index contributed by atoms with van der Waals surface area (Å²) >= 11 is 11.2. The number of anilines is 1. The second-order valence-corrected chi connectivity index (χ2v) is 5.62. The van der Waals surface area contributed by atoms with Crippen LogP contribution in [0.2, 0.25) is 10.3 Å². The average molecular weight is 305 g/mol. The SMILES string of the molecule is O=S(=O)(Nc1ccc(Cl)nn1)c1ccnc(Cl)c1. The highest BCUT2D eigenvalue weighted by Gasteiger charge is 2.15. The van der Waals surface area contributed by atoms with E-state index in [2.05, 4.69) is 19.9 Å². The minimum Gasteiger partial charge on any atom is -0.262 e. The molecule has 0 atom stereocenters. The Morgan fingerprint density at radius 3 is 2.44 bits per heavy atom. The number of sulfonamides is 1. The first-order valence-electron chi connectivity index (χ1n) is 4.61. The van der Waals surface area contributed by atoms with Gasteiger partial charge in [0.05, 0.1) is 4.90 Å². The van der Waals surface area contributed by atoms with Gasteiger partial charge < -0.3 is 0 Å². The molecule has 1 N–H and O–H groups in total. The average Bonchev–Trinajstić information content (AvgIpc) is 2.32. The zero-order valence-electron chi connectivity index (χ0n) is 8.71. The molecule has 0 saturated heterocycles. The highest BCUT2D eigenvalue weighted by molar-refractivity contribution is 7.92. The molecule has 0 fully saturated rings. The van der Waals surface area contributed by atoms with Crippen LogP contribution >= 0.6 is 23.2 Å². The van der Waals surface area contributed by atoms with Crippen LogP contribution in [0.1, 0.15) is 0 Å². The van der Waals surface area contributed by atoms with Crippen molar-refractivity contribution in [3.8, 4) is 0 Å². The van der Waals surface area contributed by atoms with Gasteiger partial charge in [-0.3, -0.25) is 4.72 Å². The van der Waals surface area contributed by atoms with Gasteiger partial charge in [-0.15, -0.1) is 10.2 Å². The van der Waals surface area contributed by atoms with Gasteiger partial charge in [0.25, 0.3) is 10.0 Å². The van der Waals surface area contributed by atoms with Gasteiger partial charge >= 0.3 is 0 Å². The van der Waals surface area contributed by atoms with E-state index in [1.165, 1.54) is 30.5 Å². The fraction of sp³-hybridized carbons (Fsp3) is 0. The van der Waals surface area contributed by atoms with Crippen LogP contribution in [-0.2, 0) is 10.0 Å². The van der Waals surface area contributed by atoms with E-state index in [4.69, 9.17) is 23.2 Å². The van der Waals surface area contributed by atoms with Crippen LogP contribution < -0.4 is 4.72 Å². The van der Waals surface area contributed by atoms with E-state index in [9.17, 15) is 8.42 Å². The summed E-state index contributed by atoms with van der Waals surface area (Å²) in [6.07, 6.45) is 1.30. The van der Waals surface area contributed by atoms with Crippen molar-refractivity contribution in [2.75, 3.05) is 4.72 Å². The minimum atomic E-state index is -3.77. The van der Waals surface area contributed by atoms with E-state index in [1.807, 2.05) is 0 Å². The third kappa shape index (κ3) is 3.06. The maximum atomic E-state index is 11.9. The van der Waals surface area contributed by atoms with Gasteiger partial charge in [-0.25, -0.2) is 13.4 Å². The first-order valence-corrected chi connectivity index (χ1v) is 6.85.